The molecule has 0 saturated carbocycles. The minimum atomic E-state index is -0.844. The predicted molar refractivity (Wildman–Crippen MR) is 93.7 cm³/mol. The number of hydrogen-bond acceptors (Lipinski definition) is 4. The molecule has 0 bridgehead atoms. The number of carbonyl (C=O) groups is 2. The minimum Gasteiger partial charge on any atom is -0.444 e. The molecular formula is C18H24N4O3. The van der Waals surface area contributed by atoms with Crippen LogP contribution in [0.15, 0.2) is 36.5 Å². The fourth-order valence-corrected chi connectivity index (χ4v) is 2.21. The molecule has 1 atom stereocenters. The van der Waals surface area contributed by atoms with Gasteiger partial charge in [-0.2, -0.15) is 5.10 Å². The maximum atomic E-state index is 12.6. The summed E-state index contributed by atoms with van der Waals surface area (Å²) in [7, 11) is 0. The molecule has 2 aromatic rings. The summed E-state index contributed by atoms with van der Waals surface area (Å²) >= 11 is 0. The molecule has 2 amide bonds. The van der Waals surface area contributed by atoms with Gasteiger partial charge in [0.1, 0.15) is 11.6 Å². The number of hydrogen-bond donors (Lipinski definition) is 3. The number of aromatic amines is 1. The number of ether oxygens (including phenoxy) is 1. The lowest BCUT2D eigenvalue weighted by Gasteiger charge is -2.23. The molecule has 0 aliphatic rings. The Morgan fingerprint density at radius 3 is 2.48 bits per heavy atom. The molecule has 1 aromatic carbocycles. The summed E-state index contributed by atoms with van der Waals surface area (Å²) in [4.78, 5) is 24.7. The zero-order chi connectivity index (χ0) is 18.4. The quantitative estimate of drug-likeness (QED) is 0.777. The number of aromatic nitrogens is 2. The Balaban J connectivity index is 2.10. The predicted octanol–water partition coefficient (Wildman–Crippen LogP) is 2.60. The van der Waals surface area contributed by atoms with Crippen LogP contribution in [-0.4, -0.2) is 27.8 Å². The molecule has 0 spiro atoms. The monoisotopic (exact) mass is 344 g/mol. The highest BCUT2D eigenvalue weighted by Crippen LogP contribution is 2.15. The van der Waals surface area contributed by atoms with E-state index in [0.29, 0.717) is 12.1 Å². The molecule has 1 heterocycles. The first kappa shape index (κ1) is 18.5. The molecule has 0 saturated heterocycles. The number of carbonyl (C=O) groups excluding carboxylic acids is 2. The number of alkyl carbamates (subject to hydrolysis) is 1. The van der Waals surface area contributed by atoms with Crippen molar-refractivity contribution in [3.63, 3.8) is 0 Å². The fraction of sp³-hybridized carbons (Fsp3) is 0.389. The van der Waals surface area contributed by atoms with Crippen molar-refractivity contribution in [3.8, 4) is 0 Å². The van der Waals surface area contributed by atoms with E-state index < -0.39 is 17.7 Å². The van der Waals surface area contributed by atoms with Crippen molar-refractivity contribution in [3.05, 3.63) is 53.3 Å². The van der Waals surface area contributed by atoms with Gasteiger partial charge in [0.15, 0.2) is 0 Å². The Labute approximate surface area is 147 Å². The lowest BCUT2D eigenvalue weighted by atomic mass is 10.1. The third-order valence-electron chi connectivity index (χ3n) is 3.44. The molecule has 7 heteroatoms. The van der Waals surface area contributed by atoms with Crippen molar-refractivity contribution >= 4 is 12.0 Å². The van der Waals surface area contributed by atoms with Crippen LogP contribution in [0.25, 0.3) is 0 Å². The summed E-state index contributed by atoms with van der Waals surface area (Å²) in [5.74, 6) is -0.322. The molecule has 0 radical (unpaired) electrons. The number of nitrogens with zero attached hydrogens (tertiary/aromatic N) is 1. The summed E-state index contributed by atoms with van der Waals surface area (Å²) in [6, 6.07) is 8.19. The second-order valence-corrected chi connectivity index (χ2v) is 6.73. The average molecular weight is 344 g/mol. The highest BCUT2D eigenvalue weighted by molar-refractivity contribution is 5.86. The summed E-state index contributed by atoms with van der Waals surface area (Å²) < 4.78 is 5.26. The average Bonchev–Trinajstić information content (AvgIpc) is 2.94. The van der Waals surface area contributed by atoms with Gasteiger partial charge in [-0.1, -0.05) is 30.3 Å². The van der Waals surface area contributed by atoms with E-state index in [1.165, 1.54) is 0 Å². The second kappa shape index (κ2) is 7.83. The van der Waals surface area contributed by atoms with E-state index in [1.54, 1.807) is 39.1 Å². The van der Waals surface area contributed by atoms with Gasteiger partial charge in [0.05, 0.1) is 6.20 Å². The first-order valence-electron chi connectivity index (χ1n) is 8.07. The van der Waals surface area contributed by atoms with Crippen LogP contribution < -0.4 is 10.6 Å². The summed E-state index contributed by atoms with van der Waals surface area (Å²) in [6.45, 7) is 7.51. The van der Waals surface area contributed by atoms with Gasteiger partial charge in [-0.25, -0.2) is 4.79 Å². The summed E-state index contributed by atoms with van der Waals surface area (Å²) in [6.07, 6.45) is 1.02. The third kappa shape index (κ3) is 5.63. The van der Waals surface area contributed by atoms with Gasteiger partial charge in [0, 0.05) is 17.8 Å². The molecule has 25 heavy (non-hydrogen) atoms. The van der Waals surface area contributed by atoms with Gasteiger partial charge < -0.3 is 15.4 Å². The van der Waals surface area contributed by atoms with Crippen molar-refractivity contribution < 1.29 is 14.3 Å². The number of benzene rings is 1. The van der Waals surface area contributed by atoms with Crippen molar-refractivity contribution in [2.45, 2.75) is 45.9 Å². The standard InChI is InChI=1S/C18H24N4O3/c1-12-14(11-20-22-12)10-19-16(23)15(13-8-6-5-7-9-13)21-17(24)25-18(2,3)4/h5-9,11,15H,10H2,1-4H3,(H,19,23)(H,20,22)(H,21,24)/t15-/m0/s1. The van der Waals surface area contributed by atoms with E-state index in [2.05, 4.69) is 20.8 Å². The first-order valence-corrected chi connectivity index (χ1v) is 8.07. The highest BCUT2D eigenvalue weighted by Gasteiger charge is 2.25. The van der Waals surface area contributed by atoms with Crippen LogP contribution in [0.4, 0.5) is 4.79 Å². The van der Waals surface area contributed by atoms with Gasteiger partial charge in [0.2, 0.25) is 5.91 Å². The van der Waals surface area contributed by atoms with E-state index >= 15 is 0 Å². The number of rotatable bonds is 5. The molecule has 0 aliphatic carbocycles. The normalized spacial score (nSPS) is 12.3. The maximum absolute atomic E-state index is 12.6. The van der Waals surface area contributed by atoms with Crippen molar-refractivity contribution in [2.24, 2.45) is 0 Å². The number of aryl methyl sites for hydroxylation is 1. The summed E-state index contributed by atoms with van der Waals surface area (Å²) in [5, 5.41) is 12.2. The highest BCUT2D eigenvalue weighted by atomic mass is 16.6. The van der Waals surface area contributed by atoms with E-state index in [-0.39, 0.29) is 5.91 Å². The smallest absolute Gasteiger partial charge is 0.408 e. The maximum Gasteiger partial charge on any atom is 0.408 e. The largest absolute Gasteiger partial charge is 0.444 e. The van der Waals surface area contributed by atoms with Crippen LogP contribution in [0.2, 0.25) is 0 Å². The Morgan fingerprint density at radius 2 is 1.92 bits per heavy atom. The van der Waals surface area contributed by atoms with Gasteiger partial charge >= 0.3 is 6.09 Å². The number of amides is 2. The second-order valence-electron chi connectivity index (χ2n) is 6.73. The minimum absolute atomic E-state index is 0.320. The Bertz CT molecular complexity index is 719. The van der Waals surface area contributed by atoms with Crippen molar-refractivity contribution in [2.75, 3.05) is 0 Å². The molecule has 1 aromatic heterocycles. The molecular weight excluding hydrogens is 320 g/mol. The molecule has 7 nitrogen and oxygen atoms in total. The molecule has 134 valence electrons. The van der Waals surface area contributed by atoms with Crippen LogP contribution in [0.1, 0.15) is 43.6 Å². The van der Waals surface area contributed by atoms with Crippen LogP contribution in [0, 0.1) is 6.92 Å². The Morgan fingerprint density at radius 1 is 1.24 bits per heavy atom. The summed E-state index contributed by atoms with van der Waals surface area (Å²) in [5.41, 5.74) is 1.80. The van der Waals surface area contributed by atoms with Gasteiger partial charge in [-0.15, -0.1) is 0 Å². The molecule has 2 rings (SSSR count). The molecule has 0 fully saturated rings. The zero-order valence-corrected chi connectivity index (χ0v) is 14.9. The van der Waals surface area contributed by atoms with Crippen LogP contribution in [-0.2, 0) is 16.1 Å². The lowest BCUT2D eigenvalue weighted by molar-refractivity contribution is -0.123. The van der Waals surface area contributed by atoms with Gasteiger partial charge in [-0.05, 0) is 33.3 Å². The van der Waals surface area contributed by atoms with E-state index in [1.807, 2.05) is 25.1 Å². The molecule has 3 N–H and O–H groups in total. The Hall–Kier alpha value is -2.83. The third-order valence-corrected chi connectivity index (χ3v) is 3.44. The van der Waals surface area contributed by atoms with Crippen LogP contribution >= 0.6 is 0 Å². The Kier molecular flexibility index (Phi) is 5.80. The SMILES string of the molecule is Cc1[nH]ncc1CNC(=O)[C@@H](NC(=O)OC(C)(C)C)c1ccccc1. The zero-order valence-electron chi connectivity index (χ0n) is 14.9. The lowest BCUT2D eigenvalue weighted by Crippen LogP contribution is -2.42. The van der Waals surface area contributed by atoms with Crippen LogP contribution in [0.3, 0.4) is 0 Å². The van der Waals surface area contributed by atoms with E-state index in [9.17, 15) is 9.59 Å². The fourth-order valence-electron chi connectivity index (χ4n) is 2.21. The van der Waals surface area contributed by atoms with Crippen molar-refractivity contribution in [1.29, 1.82) is 0 Å². The molecule has 0 unspecified atom stereocenters. The first-order chi connectivity index (χ1) is 11.8. The van der Waals surface area contributed by atoms with Gasteiger partial charge in [0.25, 0.3) is 0 Å². The number of H-pyrrole nitrogens is 1. The van der Waals surface area contributed by atoms with Crippen molar-refractivity contribution in [1.82, 2.24) is 20.8 Å². The number of nitrogens with one attached hydrogen (secondary N) is 3. The topological polar surface area (TPSA) is 96.1 Å². The van der Waals surface area contributed by atoms with E-state index in [4.69, 9.17) is 4.74 Å². The molecule has 0 aliphatic heterocycles. The van der Waals surface area contributed by atoms with Gasteiger partial charge in [-0.3, -0.25) is 9.89 Å². The van der Waals surface area contributed by atoms with E-state index in [0.717, 1.165) is 11.3 Å². The van der Waals surface area contributed by atoms with Crippen LogP contribution in [0.5, 0.6) is 0 Å².